The number of carbonyl (C=O) groups is 1. The zero-order chi connectivity index (χ0) is 22.6. The van der Waals surface area contributed by atoms with Gasteiger partial charge >= 0.3 is 0 Å². The van der Waals surface area contributed by atoms with Crippen molar-refractivity contribution >= 4 is 11.8 Å². The highest BCUT2D eigenvalue weighted by Crippen LogP contribution is 2.46. The van der Waals surface area contributed by atoms with Gasteiger partial charge in [-0.05, 0) is 29.8 Å². The second-order valence-corrected chi connectivity index (χ2v) is 7.96. The molecule has 2 aromatic carbocycles. The van der Waals surface area contributed by atoms with Gasteiger partial charge in [-0.2, -0.15) is 0 Å². The van der Waals surface area contributed by atoms with Gasteiger partial charge in [0, 0.05) is 43.7 Å². The van der Waals surface area contributed by atoms with Crippen LogP contribution in [0.1, 0.15) is 35.6 Å². The number of fused-ring (bicyclic) bond motifs is 3. The Bertz CT molecular complexity index is 1030. The summed E-state index contributed by atoms with van der Waals surface area (Å²) in [5.74, 6) is 1.05. The Morgan fingerprint density at radius 3 is 2.69 bits per heavy atom. The molecule has 0 radical (unpaired) electrons. The van der Waals surface area contributed by atoms with Crippen molar-refractivity contribution in [3.63, 3.8) is 0 Å². The number of rotatable bonds is 9. The van der Waals surface area contributed by atoms with Crippen molar-refractivity contribution < 1.29 is 19.4 Å². The van der Waals surface area contributed by atoms with Crippen molar-refractivity contribution in [1.29, 1.82) is 0 Å². The molecule has 0 unspecified atom stereocenters. The van der Waals surface area contributed by atoms with Gasteiger partial charge in [-0.15, -0.1) is 13.2 Å². The topological polar surface area (TPSA) is 71.4 Å². The van der Waals surface area contributed by atoms with Crippen molar-refractivity contribution in [1.82, 2.24) is 4.90 Å². The third-order valence-corrected chi connectivity index (χ3v) is 5.80. The minimum absolute atomic E-state index is 0.0857. The molecule has 166 valence electrons. The molecule has 2 heterocycles. The maximum atomic E-state index is 13.8. The highest BCUT2D eigenvalue weighted by Gasteiger charge is 2.55. The molecule has 2 aliphatic heterocycles. The first kappa shape index (κ1) is 21.8. The number of aliphatic hydroxyl groups is 1. The van der Waals surface area contributed by atoms with Crippen molar-refractivity contribution in [2.24, 2.45) is 4.99 Å². The van der Waals surface area contributed by atoms with Gasteiger partial charge in [0.25, 0.3) is 5.91 Å². The Labute approximate surface area is 188 Å². The molecule has 0 spiro atoms. The summed E-state index contributed by atoms with van der Waals surface area (Å²) < 4.78 is 12.0. The number of benzene rings is 2. The number of ether oxygens (including phenoxy) is 2. The number of aliphatic imine (C=N–C) groups is 1. The van der Waals surface area contributed by atoms with Crippen molar-refractivity contribution in [2.45, 2.75) is 31.0 Å². The second kappa shape index (κ2) is 9.40. The van der Waals surface area contributed by atoms with E-state index < -0.39 is 11.6 Å². The molecular formula is C26H28N2O4. The SMILES string of the molecule is C=CCN1Cc2ccccc2[C@@H]2OC(c3ccc(OCCCO)cc3)=N[C@]2(CC=C)C1=O. The van der Waals surface area contributed by atoms with Gasteiger partial charge in [0.2, 0.25) is 5.90 Å². The molecule has 0 fully saturated rings. The van der Waals surface area contributed by atoms with Crippen molar-refractivity contribution in [3.8, 4) is 5.75 Å². The highest BCUT2D eigenvalue weighted by atomic mass is 16.5. The predicted octanol–water partition coefficient (Wildman–Crippen LogP) is 3.81. The number of aliphatic hydroxyl groups excluding tert-OH is 1. The van der Waals surface area contributed by atoms with Crippen LogP contribution in [0.25, 0.3) is 0 Å². The van der Waals surface area contributed by atoms with Gasteiger partial charge in [0.05, 0.1) is 6.61 Å². The molecule has 0 bridgehead atoms. The Morgan fingerprint density at radius 2 is 1.97 bits per heavy atom. The summed E-state index contributed by atoms with van der Waals surface area (Å²) in [5, 5.41) is 8.91. The van der Waals surface area contributed by atoms with Gasteiger partial charge < -0.3 is 19.5 Å². The van der Waals surface area contributed by atoms with Crippen LogP contribution in [0.15, 0.2) is 78.8 Å². The molecule has 1 amide bonds. The Morgan fingerprint density at radius 1 is 1.19 bits per heavy atom. The molecule has 6 nitrogen and oxygen atoms in total. The minimum Gasteiger partial charge on any atom is -0.494 e. The third kappa shape index (κ3) is 3.94. The Kier molecular flexibility index (Phi) is 6.42. The van der Waals surface area contributed by atoms with E-state index in [1.54, 1.807) is 17.1 Å². The van der Waals surface area contributed by atoms with Gasteiger partial charge in [-0.25, -0.2) is 4.99 Å². The molecule has 4 rings (SSSR count). The van der Waals surface area contributed by atoms with Crippen LogP contribution in [0.5, 0.6) is 5.75 Å². The summed E-state index contributed by atoms with van der Waals surface area (Å²) >= 11 is 0. The maximum Gasteiger partial charge on any atom is 0.255 e. The van der Waals surface area contributed by atoms with Gasteiger partial charge in [-0.1, -0.05) is 36.4 Å². The molecule has 0 aliphatic carbocycles. The monoisotopic (exact) mass is 432 g/mol. The first-order valence-electron chi connectivity index (χ1n) is 10.8. The second-order valence-electron chi connectivity index (χ2n) is 7.96. The molecular weight excluding hydrogens is 404 g/mol. The molecule has 0 saturated heterocycles. The van der Waals surface area contributed by atoms with E-state index in [1.807, 2.05) is 48.5 Å². The summed E-state index contributed by atoms with van der Waals surface area (Å²) in [5.41, 5.74) is 1.68. The molecule has 1 N–H and O–H groups in total. The smallest absolute Gasteiger partial charge is 0.255 e. The third-order valence-electron chi connectivity index (χ3n) is 5.80. The number of carbonyl (C=O) groups excluding carboxylic acids is 1. The van der Waals surface area contributed by atoms with Crippen LogP contribution in [-0.4, -0.2) is 47.1 Å². The fourth-order valence-corrected chi connectivity index (χ4v) is 4.29. The van der Waals surface area contributed by atoms with Gasteiger partial charge in [0.1, 0.15) is 5.75 Å². The molecule has 0 aromatic heterocycles. The normalized spacial score (nSPS) is 21.7. The predicted molar refractivity (Wildman–Crippen MR) is 124 cm³/mol. The molecule has 32 heavy (non-hydrogen) atoms. The van der Waals surface area contributed by atoms with Crippen LogP contribution in [0.4, 0.5) is 0 Å². The van der Waals surface area contributed by atoms with Crippen LogP contribution in [0.2, 0.25) is 0 Å². The summed E-state index contributed by atoms with van der Waals surface area (Å²) in [7, 11) is 0. The summed E-state index contributed by atoms with van der Waals surface area (Å²) in [6.45, 7) is 9.18. The van der Waals surface area contributed by atoms with Crippen molar-refractivity contribution in [2.75, 3.05) is 19.8 Å². The van der Waals surface area contributed by atoms with Gasteiger partial charge in [0.15, 0.2) is 11.6 Å². The van der Waals surface area contributed by atoms with Crippen LogP contribution in [-0.2, 0) is 16.1 Å². The summed E-state index contributed by atoms with van der Waals surface area (Å²) in [6, 6.07) is 15.4. The van der Waals surface area contributed by atoms with E-state index in [2.05, 4.69) is 13.2 Å². The van der Waals surface area contributed by atoms with E-state index in [1.165, 1.54) is 0 Å². The lowest BCUT2D eigenvalue weighted by molar-refractivity contribution is -0.138. The molecule has 2 atom stereocenters. The lowest BCUT2D eigenvalue weighted by Gasteiger charge is -2.31. The van der Waals surface area contributed by atoms with Crippen LogP contribution >= 0.6 is 0 Å². The fourth-order valence-electron chi connectivity index (χ4n) is 4.29. The average Bonchev–Trinajstić information content (AvgIpc) is 3.16. The minimum atomic E-state index is -1.11. The summed E-state index contributed by atoms with van der Waals surface area (Å²) in [6.07, 6.45) is 3.88. The Balaban J connectivity index is 1.73. The molecule has 2 aliphatic rings. The zero-order valence-corrected chi connectivity index (χ0v) is 18.1. The first-order valence-corrected chi connectivity index (χ1v) is 10.8. The van der Waals surface area contributed by atoms with E-state index in [-0.39, 0.29) is 12.5 Å². The van der Waals surface area contributed by atoms with Crippen LogP contribution in [0.3, 0.4) is 0 Å². The maximum absolute atomic E-state index is 13.8. The molecule has 0 saturated carbocycles. The Hall–Kier alpha value is -3.38. The fraction of sp³-hybridized carbons (Fsp3) is 0.308. The lowest BCUT2D eigenvalue weighted by Crippen LogP contribution is -2.48. The highest BCUT2D eigenvalue weighted by molar-refractivity contribution is 6.01. The average molecular weight is 433 g/mol. The van der Waals surface area contributed by atoms with Crippen LogP contribution < -0.4 is 4.74 Å². The largest absolute Gasteiger partial charge is 0.494 e. The molecule has 2 aromatic rings. The quantitative estimate of drug-likeness (QED) is 0.483. The number of hydrogen-bond donors (Lipinski definition) is 1. The first-order chi connectivity index (χ1) is 15.6. The number of hydrogen-bond acceptors (Lipinski definition) is 5. The van der Waals surface area contributed by atoms with Gasteiger partial charge in [-0.3, -0.25) is 4.79 Å². The molecule has 6 heteroatoms. The summed E-state index contributed by atoms with van der Waals surface area (Å²) in [4.78, 5) is 20.5. The van der Waals surface area contributed by atoms with E-state index >= 15 is 0 Å². The zero-order valence-electron chi connectivity index (χ0n) is 18.1. The van der Waals surface area contributed by atoms with E-state index in [9.17, 15) is 4.79 Å². The number of nitrogens with zero attached hydrogens (tertiary/aromatic N) is 2. The van der Waals surface area contributed by atoms with Crippen molar-refractivity contribution in [3.05, 3.63) is 90.5 Å². The van der Waals surface area contributed by atoms with E-state index in [0.717, 1.165) is 16.7 Å². The number of amides is 1. The lowest BCUT2D eigenvalue weighted by atomic mass is 9.84. The van der Waals surface area contributed by atoms with Crippen LogP contribution in [0, 0.1) is 0 Å². The van der Waals surface area contributed by atoms with E-state index in [4.69, 9.17) is 19.6 Å². The standard InChI is InChI=1S/C26H28N2O4/c1-3-14-26-23(22-9-6-5-8-20(22)18-28(15-4-2)25(26)30)32-24(27-26)19-10-12-21(13-11-19)31-17-7-16-29/h3-6,8-13,23,29H,1-2,7,14-18H2/t23-,26-/m0/s1. The van der Waals surface area contributed by atoms with E-state index in [0.29, 0.717) is 44.2 Å².